The molecular formula is C12H25N3O. The molecular weight excluding hydrogens is 202 g/mol. The van der Waals surface area contributed by atoms with Crippen LogP contribution in [0.1, 0.15) is 34.1 Å². The Morgan fingerprint density at radius 2 is 2.12 bits per heavy atom. The molecule has 1 fully saturated rings. The van der Waals surface area contributed by atoms with Gasteiger partial charge in [-0.1, -0.05) is 6.92 Å². The number of carbonyl (C=O) groups excluding carboxylic acids is 1. The summed E-state index contributed by atoms with van der Waals surface area (Å²) in [7, 11) is 0. The van der Waals surface area contributed by atoms with Gasteiger partial charge in [0, 0.05) is 18.1 Å². The van der Waals surface area contributed by atoms with E-state index >= 15 is 0 Å². The van der Waals surface area contributed by atoms with E-state index in [4.69, 9.17) is 5.73 Å². The lowest BCUT2D eigenvalue weighted by Crippen LogP contribution is -2.48. The molecule has 1 saturated heterocycles. The summed E-state index contributed by atoms with van der Waals surface area (Å²) in [6.45, 7) is 10.3. The van der Waals surface area contributed by atoms with Crippen molar-refractivity contribution in [1.29, 1.82) is 0 Å². The van der Waals surface area contributed by atoms with E-state index in [1.54, 1.807) is 0 Å². The van der Waals surface area contributed by atoms with Gasteiger partial charge in [0.2, 0.25) is 5.91 Å². The molecule has 0 radical (unpaired) electrons. The van der Waals surface area contributed by atoms with E-state index in [-0.39, 0.29) is 11.4 Å². The molecule has 0 saturated carbocycles. The van der Waals surface area contributed by atoms with Gasteiger partial charge in [-0.3, -0.25) is 9.69 Å². The van der Waals surface area contributed by atoms with Crippen molar-refractivity contribution in [3.8, 4) is 0 Å². The van der Waals surface area contributed by atoms with Crippen molar-refractivity contribution in [2.24, 2.45) is 11.7 Å². The molecule has 94 valence electrons. The molecule has 4 heteroatoms. The Hall–Kier alpha value is -0.610. The first-order valence-corrected chi connectivity index (χ1v) is 6.08. The summed E-state index contributed by atoms with van der Waals surface area (Å²) in [6.07, 6.45) is 1.14. The number of amides is 1. The molecule has 0 aromatic rings. The van der Waals surface area contributed by atoms with E-state index in [1.807, 2.05) is 20.8 Å². The van der Waals surface area contributed by atoms with Gasteiger partial charge in [-0.05, 0) is 39.7 Å². The maximum absolute atomic E-state index is 11.8. The normalized spacial score (nSPS) is 27.1. The Morgan fingerprint density at radius 1 is 1.50 bits per heavy atom. The number of hydrogen-bond donors (Lipinski definition) is 2. The van der Waals surface area contributed by atoms with Crippen LogP contribution in [0.4, 0.5) is 0 Å². The molecule has 0 aromatic heterocycles. The number of likely N-dealkylation sites (tertiary alicyclic amines) is 1. The standard InChI is InChI=1S/C12H25N3O/c1-9-5-6-15(10(9)7-13)8-11(16)14-12(2,3)4/h9-10H,5-8,13H2,1-4H3,(H,14,16). The molecule has 3 N–H and O–H groups in total. The first-order chi connectivity index (χ1) is 7.33. The Bertz CT molecular complexity index is 247. The molecule has 2 unspecified atom stereocenters. The van der Waals surface area contributed by atoms with Crippen molar-refractivity contribution >= 4 is 5.91 Å². The smallest absolute Gasteiger partial charge is 0.234 e. The average Bonchev–Trinajstić information content (AvgIpc) is 2.43. The van der Waals surface area contributed by atoms with Crippen LogP contribution in [0.3, 0.4) is 0 Å². The van der Waals surface area contributed by atoms with Crippen LogP contribution in [0.25, 0.3) is 0 Å². The lowest BCUT2D eigenvalue weighted by molar-refractivity contribution is -0.123. The zero-order valence-electron chi connectivity index (χ0n) is 10.9. The van der Waals surface area contributed by atoms with E-state index < -0.39 is 0 Å². The third-order valence-electron chi connectivity index (χ3n) is 3.10. The number of rotatable bonds is 3. The molecule has 2 atom stereocenters. The minimum absolute atomic E-state index is 0.0973. The zero-order valence-corrected chi connectivity index (χ0v) is 10.9. The second-order valence-corrected chi connectivity index (χ2v) is 5.84. The topological polar surface area (TPSA) is 58.4 Å². The maximum Gasteiger partial charge on any atom is 0.234 e. The highest BCUT2D eigenvalue weighted by molar-refractivity contribution is 5.78. The molecule has 1 aliphatic rings. The predicted octanol–water partition coefficient (Wildman–Crippen LogP) is 0.570. The number of nitrogens with two attached hydrogens (primary N) is 1. The van der Waals surface area contributed by atoms with Gasteiger partial charge in [-0.2, -0.15) is 0 Å². The molecule has 16 heavy (non-hydrogen) atoms. The van der Waals surface area contributed by atoms with E-state index in [0.717, 1.165) is 13.0 Å². The van der Waals surface area contributed by atoms with Crippen LogP contribution in [0, 0.1) is 5.92 Å². The van der Waals surface area contributed by atoms with Crippen LogP contribution < -0.4 is 11.1 Å². The van der Waals surface area contributed by atoms with Crippen LogP contribution in [-0.4, -0.2) is 42.0 Å². The Balaban J connectivity index is 2.45. The van der Waals surface area contributed by atoms with Gasteiger partial charge in [0.1, 0.15) is 0 Å². The van der Waals surface area contributed by atoms with Gasteiger partial charge in [0.25, 0.3) is 0 Å². The largest absolute Gasteiger partial charge is 0.350 e. The second kappa shape index (κ2) is 5.15. The summed E-state index contributed by atoms with van der Waals surface area (Å²) in [5.74, 6) is 0.701. The summed E-state index contributed by atoms with van der Waals surface area (Å²) in [6, 6.07) is 0.366. The molecule has 1 amide bonds. The van der Waals surface area contributed by atoms with Gasteiger partial charge in [0.05, 0.1) is 6.54 Å². The van der Waals surface area contributed by atoms with Gasteiger partial charge < -0.3 is 11.1 Å². The van der Waals surface area contributed by atoms with Crippen molar-refractivity contribution in [2.75, 3.05) is 19.6 Å². The average molecular weight is 227 g/mol. The summed E-state index contributed by atoms with van der Waals surface area (Å²) in [5, 5.41) is 2.98. The number of carbonyl (C=O) groups is 1. The van der Waals surface area contributed by atoms with Crippen molar-refractivity contribution in [2.45, 2.75) is 45.7 Å². The van der Waals surface area contributed by atoms with Crippen LogP contribution in [0.2, 0.25) is 0 Å². The summed E-state index contributed by atoms with van der Waals surface area (Å²) >= 11 is 0. The number of nitrogens with zero attached hydrogens (tertiary/aromatic N) is 1. The minimum atomic E-state index is -0.152. The van der Waals surface area contributed by atoms with E-state index in [1.165, 1.54) is 0 Å². The third kappa shape index (κ3) is 3.76. The van der Waals surface area contributed by atoms with Crippen LogP contribution in [0.5, 0.6) is 0 Å². The molecule has 4 nitrogen and oxygen atoms in total. The second-order valence-electron chi connectivity index (χ2n) is 5.84. The van der Waals surface area contributed by atoms with Gasteiger partial charge >= 0.3 is 0 Å². The van der Waals surface area contributed by atoms with Crippen LogP contribution in [-0.2, 0) is 4.79 Å². The van der Waals surface area contributed by atoms with E-state index in [2.05, 4.69) is 17.1 Å². The fraction of sp³-hybridized carbons (Fsp3) is 0.917. The predicted molar refractivity (Wildman–Crippen MR) is 66.1 cm³/mol. The van der Waals surface area contributed by atoms with Gasteiger partial charge in [0.15, 0.2) is 0 Å². The molecule has 0 bridgehead atoms. The monoisotopic (exact) mass is 227 g/mol. The van der Waals surface area contributed by atoms with Gasteiger partial charge in [-0.15, -0.1) is 0 Å². The Kier molecular flexibility index (Phi) is 4.33. The summed E-state index contributed by atoms with van der Waals surface area (Å²) in [5.41, 5.74) is 5.59. The third-order valence-corrected chi connectivity index (χ3v) is 3.10. The fourth-order valence-electron chi connectivity index (χ4n) is 2.31. The van der Waals surface area contributed by atoms with Crippen molar-refractivity contribution in [3.05, 3.63) is 0 Å². The highest BCUT2D eigenvalue weighted by Crippen LogP contribution is 2.22. The summed E-state index contributed by atoms with van der Waals surface area (Å²) < 4.78 is 0. The summed E-state index contributed by atoms with van der Waals surface area (Å²) in [4.78, 5) is 14.0. The minimum Gasteiger partial charge on any atom is -0.350 e. The molecule has 1 aliphatic heterocycles. The quantitative estimate of drug-likeness (QED) is 0.741. The zero-order chi connectivity index (χ0) is 12.3. The highest BCUT2D eigenvalue weighted by atomic mass is 16.2. The first kappa shape index (κ1) is 13.5. The number of nitrogens with one attached hydrogen (secondary N) is 1. The van der Waals surface area contributed by atoms with Crippen molar-refractivity contribution < 1.29 is 4.79 Å². The lowest BCUT2D eigenvalue weighted by atomic mass is 10.0. The molecule has 0 aromatic carbocycles. The number of hydrogen-bond acceptors (Lipinski definition) is 3. The Labute approximate surface area is 98.6 Å². The molecule has 0 aliphatic carbocycles. The van der Waals surface area contributed by atoms with Gasteiger partial charge in [-0.25, -0.2) is 0 Å². The fourth-order valence-corrected chi connectivity index (χ4v) is 2.31. The molecule has 0 spiro atoms. The van der Waals surface area contributed by atoms with Crippen molar-refractivity contribution in [1.82, 2.24) is 10.2 Å². The van der Waals surface area contributed by atoms with Crippen LogP contribution in [0.15, 0.2) is 0 Å². The molecule has 1 rings (SSSR count). The lowest BCUT2D eigenvalue weighted by Gasteiger charge is -2.27. The highest BCUT2D eigenvalue weighted by Gasteiger charge is 2.31. The first-order valence-electron chi connectivity index (χ1n) is 6.08. The SMILES string of the molecule is CC1CCN(CC(=O)NC(C)(C)C)C1CN. The van der Waals surface area contributed by atoms with Crippen molar-refractivity contribution in [3.63, 3.8) is 0 Å². The molecule has 1 heterocycles. The maximum atomic E-state index is 11.8. The van der Waals surface area contributed by atoms with E-state index in [9.17, 15) is 4.79 Å². The Morgan fingerprint density at radius 3 is 2.62 bits per heavy atom. The van der Waals surface area contributed by atoms with E-state index in [0.29, 0.717) is 25.0 Å². The van der Waals surface area contributed by atoms with Crippen LogP contribution >= 0.6 is 0 Å².